The molecular weight excluding hydrogens is 276 g/mol. The highest BCUT2D eigenvalue weighted by Gasteiger charge is 2.16. The summed E-state index contributed by atoms with van der Waals surface area (Å²) in [4.78, 5) is 23.4. The lowest BCUT2D eigenvalue weighted by Gasteiger charge is -2.18. The maximum Gasteiger partial charge on any atom is 0.222 e. The third-order valence-electron chi connectivity index (χ3n) is 3.53. The Hall–Kier alpha value is -1.84. The first kappa shape index (κ1) is 18.2. The maximum absolute atomic E-state index is 12.1. The fourth-order valence-electron chi connectivity index (χ4n) is 2.29. The summed E-state index contributed by atoms with van der Waals surface area (Å²) in [5, 5.41) is 5.79. The summed E-state index contributed by atoms with van der Waals surface area (Å²) < 4.78 is 0. The highest BCUT2D eigenvalue weighted by atomic mass is 16.2. The zero-order valence-corrected chi connectivity index (χ0v) is 14.1. The maximum atomic E-state index is 12.1. The highest BCUT2D eigenvalue weighted by molar-refractivity contribution is 5.79. The predicted octanol–water partition coefficient (Wildman–Crippen LogP) is 3.11. The van der Waals surface area contributed by atoms with E-state index in [1.165, 1.54) is 6.92 Å². The van der Waals surface area contributed by atoms with E-state index >= 15 is 0 Å². The van der Waals surface area contributed by atoms with Crippen molar-refractivity contribution in [1.29, 1.82) is 0 Å². The number of hydrogen-bond donors (Lipinski definition) is 2. The van der Waals surface area contributed by atoms with Crippen LogP contribution in [0.3, 0.4) is 0 Å². The Morgan fingerprint density at radius 1 is 1.14 bits per heavy atom. The molecule has 1 aromatic rings. The molecule has 0 aliphatic rings. The van der Waals surface area contributed by atoms with Gasteiger partial charge >= 0.3 is 0 Å². The van der Waals surface area contributed by atoms with Crippen LogP contribution in [0.2, 0.25) is 0 Å². The molecule has 1 unspecified atom stereocenters. The van der Waals surface area contributed by atoms with E-state index in [2.05, 4.69) is 24.5 Å². The molecule has 2 N–H and O–H groups in total. The summed E-state index contributed by atoms with van der Waals surface area (Å²) in [5.41, 5.74) is 2.11. The lowest BCUT2D eigenvalue weighted by atomic mass is 10.0. The highest BCUT2D eigenvalue weighted by Crippen LogP contribution is 2.17. The van der Waals surface area contributed by atoms with Gasteiger partial charge in [0.05, 0.1) is 12.5 Å². The fourth-order valence-corrected chi connectivity index (χ4v) is 2.29. The first-order chi connectivity index (χ1) is 10.4. The second kappa shape index (κ2) is 9.23. The van der Waals surface area contributed by atoms with Crippen LogP contribution in [0.15, 0.2) is 24.3 Å². The minimum absolute atomic E-state index is 0.0249. The molecule has 0 aromatic heterocycles. The van der Waals surface area contributed by atoms with Crippen molar-refractivity contribution in [1.82, 2.24) is 10.6 Å². The molecule has 4 nitrogen and oxygen atoms in total. The van der Waals surface area contributed by atoms with Crippen molar-refractivity contribution in [2.24, 2.45) is 5.92 Å². The normalized spacial score (nSPS) is 12.0. The van der Waals surface area contributed by atoms with E-state index in [1.807, 2.05) is 31.2 Å². The number of rotatable bonds is 8. The van der Waals surface area contributed by atoms with E-state index in [-0.39, 0.29) is 24.3 Å². The summed E-state index contributed by atoms with van der Waals surface area (Å²) in [6.07, 6.45) is 2.36. The summed E-state index contributed by atoms with van der Waals surface area (Å²) in [5.74, 6) is 0.498. The Morgan fingerprint density at radius 3 is 2.32 bits per heavy atom. The number of carbonyl (C=O) groups is 2. The predicted molar refractivity (Wildman–Crippen MR) is 89.4 cm³/mol. The van der Waals surface area contributed by atoms with Gasteiger partial charge in [-0.3, -0.25) is 9.59 Å². The molecular formula is C18H28N2O2. The third kappa shape index (κ3) is 7.25. The second-order valence-corrected chi connectivity index (χ2v) is 6.25. The average molecular weight is 304 g/mol. The Bertz CT molecular complexity index is 480. The van der Waals surface area contributed by atoms with Crippen LogP contribution in [0.25, 0.3) is 0 Å². The third-order valence-corrected chi connectivity index (χ3v) is 3.53. The number of nitrogens with one attached hydrogen (secondary N) is 2. The van der Waals surface area contributed by atoms with Gasteiger partial charge in [0.15, 0.2) is 0 Å². The van der Waals surface area contributed by atoms with Crippen LogP contribution in [0.1, 0.15) is 57.2 Å². The van der Waals surface area contributed by atoms with Crippen molar-refractivity contribution < 1.29 is 9.59 Å². The first-order valence-corrected chi connectivity index (χ1v) is 7.99. The zero-order chi connectivity index (χ0) is 16.5. The second-order valence-electron chi connectivity index (χ2n) is 6.25. The van der Waals surface area contributed by atoms with E-state index in [9.17, 15) is 9.59 Å². The molecule has 122 valence electrons. The van der Waals surface area contributed by atoms with Crippen LogP contribution in [0.4, 0.5) is 0 Å². The Morgan fingerprint density at radius 2 is 1.77 bits per heavy atom. The van der Waals surface area contributed by atoms with Gasteiger partial charge in [0.2, 0.25) is 11.8 Å². The van der Waals surface area contributed by atoms with Crippen molar-refractivity contribution in [2.75, 3.05) is 6.54 Å². The van der Waals surface area contributed by atoms with Gasteiger partial charge in [0, 0.05) is 13.5 Å². The van der Waals surface area contributed by atoms with Crippen LogP contribution in [0.5, 0.6) is 0 Å². The Kier molecular flexibility index (Phi) is 7.64. The SMILES string of the molecule is CC(=O)NC(CC(=O)NCCCC(C)C)c1ccc(C)cc1. The lowest BCUT2D eigenvalue weighted by molar-refractivity contribution is -0.122. The number of benzene rings is 1. The molecule has 22 heavy (non-hydrogen) atoms. The van der Waals surface area contributed by atoms with E-state index in [0.29, 0.717) is 12.5 Å². The van der Waals surface area contributed by atoms with Crippen LogP contribution in [0, 0.1) is 12.8 Å². The molecule has 0 aliphatic heterocycles. The van der Waals surface area contributed by atoms with E-state index in [4.69, 9.17) is 0 Å². The van der Waals surface area contributed by atoms with Gasteiger partial charge < -0.3 is 10.6 Å². The molecule has 0 radical (unpaired) electrons. The number of aryl methyl sites for hydroxylation is 1. The molecule has 0 aliphatic carbocycles. The molecule has 0 spiro atoms. The number of amides is 2. The van der Waals surface area contributed by atoms with Crippen LogP contribution >= 0.6 is 0 Å². The molecule has 4 heteroatoms. The molecule has 1 atom stereocenters. The smallest absolute Gasteiger partial charge is 0.222 e. The van der Waals surface area contributed by atoms with Gasteiger partial charge in [-0.25, -0.2) is 0 Å². The molecule has 0 saturated carbocycles. The number of hydrogen-bond acceptors (Lipinski definition) is 2. The average Bonchev–Trinajstić information content (AvgIpc) is 2.43. The van der Waals surface area contributed by atoms with Gasteiger partial charge in [-0.05, 0) is 31.2 Å². The summed E-state index contributed by atoms with van der Waals surface area (Å²) in [6, 6.07) is 7.63. The first-order valence-electron chi connectivity index (χ1n) is 7.99. The molecule has 1 rings (SSSR count). The monoisotopic (exact) mass is 304 g/mol. The topological polar surface area (TPSA) is 58.2 Å². The van der Waals surface area contributed by atoms with Gasteiger partial charge in [0.1, 0.15) is 0 Å². The largest absolute Gasteiger partial charge is 0.356 e. The summed E-state index contributed by atoms with van der Waals surface area (Å²) in [7, 11) is 0. The van der Waals surface area contributed by atoms with Crippen molar-refractivity contribution in [2.45, 2.75) is 53.0 Å². The minimum atomic E-state index is -0.275. The standard InChI is InChI=1S/C18H28N2O2/c1-13(2)6-5-11-19-18(22)12-17(20-15(4)21)16-9-7-14(3)8-10-16/h7-10,13,17H,5-6,11-12H2,1-4H3,(H,19,22)(H,20,21). The molecule has 2 amide bonds. The molecule has 0 saturated heterocycles. The van der Waals surface area contributed by atoms with Crippen LogP contribution in [-0.4, -0.2) is 18.4 Å². The van der Waals surface area contributed by atoms with Crippen molar-refractivity contribution in [3.8, 4) is 0 Å². The van der Waals surface area contributed by atoms with Crippen molar-refractivity contribution >= 4 is 11.8 Å². The molecule has 1 aromatic carbocycles. The van der Waals surface area contributed by atoms with Gasteiger partial charge in [-0.1, -0.05) is 43.7 Å². The summed E-state index contributed by atoms with van der Waals surface area (Å²) >= 11 is 0. The van der Waals surface area contributed by atoms with E-state index in [0.717, 1.165) is 24.0 Å². The van der Waals surface area contributed by atoms with Crippen LogP contribution in [-0.2, 0) is 9.59 Å². The molecule has 0 bridgehead atoms. The zero-order valence-electron chi connectivity index (χ0n) is 14.1. The van der Waals surface area contributed by atoms with Gasteiger partial charge in [0.25, 0.3) is 0 Å². The minimum Gasteiger partial charge on any atom is -0.356 e. The number of carbonyl (C=O) groups excluding carboxylic acids is 2. The lowest BCUT2D eigenvalue weighted by Crippen LogP contribution is -2.33. The Labute approximate surface area is 133 Å². The molecule has 0 fully saturated rings. The molecule has 0 heterocycles. The van der Waals surface area contributed by atoms with Crippen LogP contribution < -0.4 is 10.6 Å². The van der Waals surface area contributed by atoms with Crippen molar-refractivity contribution in [3.63, 3.8) is 0 Å². The summed E-state index contributed by atoms with van der Waals surface area (Å²) in [6.45, 7) is 8.52. The quantitative estimate of drug-likeness (QED) is 0.725. The van der Waals surface area contributed by atoms with Gasteiger partial charge in [-0.15, -0.1) is 0 Å². The Balaban J connectivity index is 2.55. The fraction of sp³-hybridized carbons (Fsp3) is 0.556. The van der Waals surface area contributed by atoms with E-state index < -0.39 is 0 Å². The van der Waals surface area contributed by atoms with Crippen molar-refractivity contribution in [3.05, 3.63) is 35.4 Å². The van der Waals surface area contributed by atoms with Gasteiger partial charge in [-0.2, -0.15) is 0 Å². The van der Waals surface area contributed by atoms with E-state index in [1.54, 1.807) is 0 Å².